The number of hydrogen-bond donors (Lipinski definition) is 1. The van der Waals surface area contributed by atoms with E-state index in [9.17, 15) is 0 Å². The third-order valence-electron chi connectivity index (χ3n) is 1.90. The Kier molecular flexibility index (Phi) is 2.33. The smallest absolute Gasteiger partial charge is 0.0823 e. The second kappa shape index (κ2) is 3.11. The van der Waals surface area contributed by atoms with Crippen molar-refractivity contribution >= 4 is 5.69 Å². The maximum atomic E-state index is 5.91. The lowest BCUT2D eigenvalue weighted by Gasteiger charge is -2.33. The van der Waals surface area contributed by atoms with Gasteiger partial charge in [0.05, 0.1) is 17.5 Å². The molecule has 1 rings (SSSR count). The van der Waals surface area contributed by atoms with E-state index in [1.54, 1.807) is 12.4 Å². The third kappa shape index (κ3) is 1.95. The molecule has 1 aromatic rings. The van der Waals surface area contributed by atoms with Crippen LogP contribution in [0.3, 0.4) is 0 Å². The second-order valence-corrected chi connectivity index (χ2v) is 3.42. The first-order valence-electron chi connectivity index (χ1n) is 3.94. The summed E-state index contributed by atoms with van der Waals surface area (Å²) in [6, 6.07) is 3.89. The first-order valence-corrected chi connectivity index (χ1v) is 3.94. The highest BCUT2D eigenvalue weighted by Gasteiger charge is 2.17. The molecule has 0 fully saturated rings. The van der Waals surface area contributed by atoms with E-state index in [0.717, 1.165) is 5.69 Å². The number of anilines is 1. The summed E-state index contributed by atoms with van der Waals surface area (Å²) >= 11 is 0. The molecule has 0 aromatic carbocycles. The summed E-state index contributed by atoms with van der Waals surface area (Å²) in [6.07, 6.45) is 3.55. The summed E-state index contributed by atoms with van der Waals surface area (Å²) in [5.74, 6) is 0. The molecule has 0 amide bonds. The topological polar surface area (TPSA) is 42.2 Å². The highest BCUT2D eigenvalue weighted by atomic mass is 15.2. The number of nitrogens with two attached hydrogens (primary N) is 1. The van der Waals surface area contributed by atoms with Crippen molar-refractivity contribution in [2.24, 2.45) is 5.73 Å². The molecule has 2 N–H and O–H groups in total. The quantitative estimate of drug-likeness (QED) is 0.670. The van der Waals surface area contributed by atoms with Gasteiger partial charge in [-0.15, -0.1) is 0 Å². The van der Waals surface area contributed by atoms with Crippen molar-refractivity contribution < 1.29 is 0 Å². The van der Waals surface area contributed by atoms with Gasteiger partial charge in [0.2, 0.25) is 0 Å². The standard InChI is InChI=1S/C9H15N3/c1-9(2,10)12(3)8-5-4-6-11-7-8/h4-7H,10H2,1-3H3. The van der Waals surface area contributed by atoms with Crippen molar-refractivity contribution in [3.63, 3.8) is 0 Å². The van der Waals surface area contributed by atoms with Crippen LogP contribution >= 0.6 is 0 Å². The van der Waals surface area contributed by atoms with E-state index in [-0.39, 0.29) is 5.66 Å². The Balaban J connectivity index is 2.86. The Morgan fingerprint density at radius 3 is 2.58 bits per heavy atom. The van der Waals surface area contributed by atoms with E-state index in [1.807, 2.05) is 37.9 Å². The zero-order valence-electron chi connectivity index (χ0n) is 7.78. The molecule has 3 heteroatoms. The van der Waals surface area contributed by atoms with E-state index in [2.05, 4.69) is 4.98 Å². The van der Waals surface area contributed by atoms with E-state index in [0.29, 0.717) is 0 Å². The average Bonchev–Trinajstić information content (AvgIpc) is 2.03. The van der Waals surface area contributed by atoms with Crippen LogP contribution in [-0.2, 0) is 0 Å². The second-order valence-electron chi connectivity index (χ2n) is 3.42. The molecule has 12 heavy (non-hydrogen) atoms. The van der Waals surface area contributed by atoms with Crippen LogP contribution in [0.2, 0.25) is 0 Å². The van der Waals surface area contributed by atoms with Gasteiger partial charge < -0.3 is 10.6 Å². The average molecular weight is 165 g/mol. The Hall–Kier alpha value is -1.09. The van der Waals surface area contributed by atoms with Crippen LogP contribution in [0.25, 0.3) is 0 Å². The SMILES string of the molecule is CN(c1cccnc1)C(C)(C)N. The fraction of sp³-hybridized carbons (Fsp3) is 0.444. The molecule has 0 unspecified atom stereocenters. The predicted octanol–water partition coefficient (Wildman–Crippen LogP) is 1.21. The molecule has 0 atom stereocenters. The molecular formula is C9H15N3. The molecule has 0 aliphatic heterocycles. The van der Waals surface area contributed by atoms with E-state index >= 15 is 0 Å². The monoisotopic (exact) mass is 165 g/mol. The third-order valence-corrected chi connectivity index (χ3v) is 1.90. The van der Waals surface area contributed by atoms with Gasteiger partial charge in [-0.3, -0.25) is 4.98 Å². The minimum Gasteiger partial charge on any atom is -0.356 e. The van der Waals surface area contributed by atoms with Crippen LogP contribution in [0.5, 0.6) is 0 Å². The maximum Gasteiger partial charge on any atom is 0.0823 e. The first kappa shape index (κ1) is 9.00. The van der Waals surface area contributed by atoms with E-state index in [1.165, 1.54) is 0 Å². The normalized spacial score (nSPS) is 11.3. The Morgan fingerprint density at radius 1 is 1.50 bits per heavy atom. The van der Waals surface area contributed by atoms with Gasteiger partial charge in [0.25, 0.3) is 0 Å². The Labute approximate surface area is 73.2 Å². The maximum absolute atomic E-state index is 5.91. The number of aromatic nitrogens is 1. The molecule has 66 valence electrons. The molecule has 3 nitrogen and oxygen atoms in total. The molecule has 1 aromatic heterocycles. The van der Waals surface area contributed by atoms with Gasteiger partial charge in [0.15, 0.2) is 0 Å². The fourth-order valence-electron chi connectivity index (χ4n) is 0.885. The summed E-state index contributed by atoms with van der Waals surface area (Å²) in [5.41, 5.74) is 6.60. The summed E-state index contributed by atoms with van der Waals surface area (Å²) in [5, 5.41) is 0. The Morgan fingerprint density at radius 2 is 2.17 bits per heavy atom. The highest BCUT2D eigenvalue weighted by Crippen LogP contribution is 2.15. The number of pyridine rings is 1. The molecule has 0 aliphatic carbocycles. The van der Waals surface area contributed by atoms with Crippen LogP contribution in [0.1, 0.15) is 13.8 Å². The van der Waals surface area contributed by atoms with Gasteiger partial charge in [-0.25, -0.2) is 0 Å². The summed E-state index contributed by atoms with van der Waals surface area (Å²) in [7, 11) is 1.96. The van der Waals surface area contributed by atoms with Gasteiger partial charge in [-0.2, -0.15) is 0 Å². The molecule has 1 heterocycles. The molecule has 0 radical (unpaired) electrons. The lowest BCUT2D eigenvalue weighted by molar-refractivity contribution is 0.509. The molecule has 0 spiro atoms. The van der Waals surface area contributed by atoms with E-state index < -0.39 is 0 Å². The van der Waals surface area contributed by atoms with Crippen molar-refractivity contribution in [3.05, 3.63) is 24.5 Å². The van der Waals surface area contributed by atoms with Crippen molar-refractivity contribution in [1.29, 1.82) is 0 Å². The fourth-order valence-corrected chi connectivity index (χ4v) is 0.885. The molecule has 0 saturated carbocycles. The van der Waals surface area contributed by atoms with Gasteiger partial charge in [0, 0.05) is 13.2 Å². The minimum absolute atomic E-state index is 0.344. The van der Waals surface area contributed by atoms with Gasteiger partial charge in [-0.1, -0.05) is 0 Å². The van der Waals surface area contributed by atoms with Crippen LogP contribution in [0.4, 0.5) is 5.69 Å². The predicted molar refractivity (Wildman–Crippen MR) is 50.9 cm³/mol. The molecule has 0 saturated heterocycles. The van der Waals surface area contributed by atoms with Crippen molar-refractivity contribution in [1.82, 2.24) is 4.98 Å². The minimum atomic E-state index is -0.344. The molecule has 0 bridgehead atoms. The van der Waals surface area contributed by atoms with Gasteiger partial charge in [-0.05, 0) is 26.0 Å². The molecule has 0 aliphatic rings. The largest absolute Gasteiger partial charge is 0.356 e. The van der Waals surface area contributed by atoms with Crippen molar-refractivity contribution in [2.75, 3.05) is 11.9 Å². The van der Waals surface area contributed by atoms with E-state index in [4.69, 9.17) is 5.73 Å². The number of nitrogens with zero attached hydrogens (tertiary/aromatic N) is 2. The zero-order valence-corrected chi connectivity index (χ0v) is 7.78. The van der Waals surface area contributed by atoms with Crippen molar-refractivity contribution in [3.8, 4) is 0 Å². The van der Waals surface area contributed by atoms with Crippen LogP contribution in [-0.4, -0.2) is 17.7 Å². The zero-order chi connectivity index (χ0) is 9.19. The summed E-state index contributed by atoms with van der Waals surface area (Å²) in [4.78, 5) is 6.01. The van der Waals surface area contributed by atoms with Crippen LogP contribution < -0.4 is 10.6 Å². The molecular weight excluding hydrogens is 150 g/mol. The highest BCUT2D eigenvalue weighted by molar-refractivity contribution is 5.44. The lowest BCUT2D eigenvalue weighted by Crippen LogP contribution is -2.49. The van der Waals surface area contributed by atoms with Gasteiger partial charge >= 0.3 is 0 Å². The number of hydrogen-bond acceptors (Lipinski definition) is 3. The summed E-state index contributed by atoms with van der Waals surface area (Å²) < 4.78 is 0. The van der Waals surface area contributed by atoms with Gasteiger partial charge in [0.1, 0.15) is 0 Å². The lowest BCUT2D eigenvalue weighted by atomic mass is 10.2. The van der Waals surface area contributed by atoms with Crippen LogP contribution in [0, 0.1) is 0 Å². The summed E-state index contributed by atoms with van der Waals surface area (Å²) in [6.45, 7) is 3.92. The Bertz CT molecular complexity index is 238. The van der Waals surface area contributed by atoms with Crippen LogP contribution in [0.15, 0.2) is 24.5 Å². The van der Waals surface area contributed by atoms with Crippen molar-refractivity contribution in [2.45, 2.75) is 19.5 Å². The number of rotatable bonds is 2. The first-order chi connectivity index (χ1) is 5.52.